The number of rotatable bonds is 6. The molecule has 0 radical (unpaired) electrons. The second kappa shape index (κ2) is 7.96. The minimum absolute atomic E-state index is 0.0789. The van der Waals surface area contributed by atoms with Gasteiger partial charge in [0, 0.05) is 5.69 Å². The molecule has 7 nitrogen and oxygen atoms in total. The molecule has 1 aromatic rings. The maximum atomic E-state index is 12.1. The Labute approximate surface area is 147 Å². The van der Waals surface area contributed by atoms with Gasteiger partial charge in [-0.15, -0.1) is 0 Å². The lowest BCUT2D eigenvalue weighted by atomic mass is 10.1. The monoisotopic (exact) mass is 397 g/mol. The average Bonchev–Trinajstić information content (AvgIpc) is 2.87. The van der Waals surface area contributed by atoms with Gasteiger partial charge in [-0.1, -0.05) is 11.6 Å². The standard InChI is InChI=1S/C14H14ClF2NO6S/c15-10-5-9(1-2-11(10)24-14(16)17)18-12(19)6-23-13(20)8-3-4-25(21,22)7-8/h1-2,5,8,14H,3-4,6-7H2,(H,18,19). The predicted molar refractivity (Wildman–Crippen MR) is 84.4 cm³/mol. The molecule has 1 amide bonds. The van der Waals surface area contributed by atoms with E-state index in [1.165, 1.54) is 12.1 Å². The summed E-state index contributed by atoms with van der Waals surface area (Å²) in [6.07, 6.45) is 0.171. The highest BCUT2D eigenvalue weighted by Crippen LogP contribution is 2.29. The number of benzene rings is 1. The van der Waals surface area contributed by atoms with Crippen LogP contribution in [0.2, 0.25) is 5.02 Å². The van der Waals surface area contributed by atoms with Gasteiger partial charge in [0.2, 0.25) is 0 Å². The molecule has 2 rings (SSSR count). The highest BCUT2D eigenvalue weighted by molar-refractivity contribution is 7.91. The summed E-state index contributed by atoms with van der Waals surface area (Å²) in [7, 11) is -3.23. The Balaban J connectivity index is 1.84. The molecule has 11 heteroatoms. The zero-order valence-electron chi connectivity index (χ0n) is 12.7. The fraction of sp³-hybridized carbons (Fsp3) is 0.429. The molecule has 1 fully saturated rings. The van der Waals surface area contributed by atoms with Crippen LogP contribution in [0.1, 0.15) is 6.42 Å². The van der Waals surface area contributed by atoms with E-state index in [-0.39, 0.29) is 34.4 Å². The summed E-state index contributed by atoms with van der Waals surface area (Å²) >= 11 is 5.75. The van der Waals surface area contributed by atoms with Gasteiger partial charge in [-0.05, 0) is 24.6 Å². The van der Waals surface area contributed by atoms with Crippen LogP contribution in [0.25, 0.3) is 0 Å². The van der Waals surface area contributed by atoms with Crippen molar-refractivity contribution < 1.29 is 36.3 Å². The predicted octanol–water partition coefficient (Wildman–Crippen LogP) is 1.86. The Bertz CT molecular complexity index is 771. The second-order valence-corrected chi connectivity index (χ2v) is 7.92. The van der Waals surface area contributed by atoms with E-state index in [4.69, 9.17) is 16.3 Å². The van der Waals surface area contributed by atoms with Crippen molar-refractivity contribution in [1.29, 1.82) is 0 Å². The number of hydrogen-bond donors (Lipinski definition) is 1. The largest absolute Gasteiger partial charge is 0.455 e. The molecule has 0 spiro atoms. The van der Waals surface area contributed by atoms with E-state index in [2.05, 4.69) is 10.1 Å². The van der Waals surface area contributed by atoms with E-state index in [1.807, 2.05) is 0 Å². The van der Waals surface area contributed by atoms with Gasteiger partial charge in [0.15, 0.2) is 16.4 Å². The first-order valence-electron chi connectivity index (χ1n) is 7.07. The molecule has 1 aliphatic rings. The van der Waals surface area contributed by atoms with E-state index < -0.39 is 40.9 Å². The fourth-order valence-corrected chi connectivity index (χ4v) is 4.15. The van der Waals surface area contributed by atoms with Crippen LogP contribution in [0.5, 0.6) is 5.75 Å². The van der Waals surface area contributed by atoms with Crippen LogP contribution >= 0.6 is 11.6 Å². The maximum Gasteiger partial charge on any atom is 0.387 e. The van der Waals surface area contributed by atoms with Crippen LogP contribution in [0.15, 0.2) is 18.2 Å². The van der Waals surface area contributed by atoms with Crippen LogP contribution in [0.3, 0.4) is 0 Å². The lowest BCUT2D eigenvalue weighted by molar-refractivity contribution is -0.150. The molecular formula is C14H14ClF2NO6S. The quantitative estimate of drug-likeness (QED) is 0.735. The van der Waals surface area contributed by atoms with Gasteiger partial charge in [-0.2, -0.15) is 8.78 Å². The first-order chi connectivity index (χ1) is 11.7. The minimum Gasteiger partial charge on any atom is -0.455 e. The number of nitrogens with one attached hydrogen (secondary N) is 1. The minimum atomic E-state index is -3.23. The third-order valence-corrected chi connectivity index (χ3v) is 5.41. The molecule has 0 saturated carbocycles. The molecular weight excluding hydrogens is 384 g/mol. The van der Waals surface area contributed by atoms with Crippen molar-refractivity contribution in [3.8, 4) is 5.75 Å². The van der Waals surface area contributed by atoms with Gasteiger partial charge in [0.05, 0.1) is 22.4 Å². The van der Waals surface area contributed by atoms with E-state index >= 15 is 0 Å². The van der Waals surface area contributed by atoms with Crippen LogP contribution in [0, 0.1) is 5.92 Å². The maximum absolute atomic E-state index is 12.1. The molecule has 138 valence electrons. The Morgan fingerprint density at radius 2 is 2.08 bits per heavy atom. The van der Waals surface area contributed by atoms with Gasteiger partial charge in [0.25, 0.3) is 5.91 Å². The van der Waals surface area contributed by atoms with Crippen molar-refractivity contribution in [2.24, 2.45) is 5.92 Å². The lowest BCUT2D eigenvalue weighted by Gasteiger charge is -2.11. The zero-order chi connectivity index (χ0) is 18.6. The van der Waals surface area contributed by atoms with Crippen LogP contribution in [0.4, 0.5) is 14.5 Å². The number of alkyl halides is 2. The van der Waals surface area contributed by atoms with Crippen LogP contribution < -0.4 is 10.1 Å². The SMILES string of the molecule is O=C(COC(=O)C1CCS(=O)(=O)C1)Nc1ccc(OC(F)F)c(Cl)c1. The van der Waals surface area contributed by atoms with E-state index in [0.29, 0.717) is 0 Å². The van der Waals surface area contributed by atoms with Crippen molar-refractivity contribution in [2.45, 2.75) is 13.0 Å². The Kier molecular flexibility index (Phi) is 6.17. The van der Waals surface area contributed by atoms with Crippen LogP contribution in [-0.2, 0) is 24.2 Å². The topological polar surface area (TPSA) is 98.8 Å². The van der Waals surface area contributed by atoms with Gasteiger partial charge in [-0.3, -0.25) is 9.59 Å². The van der Waals surface area contributed by atoms with Gasteiger partial charge in [0.1, 0.15) is 5.75 Å². The highest BCUT2D eigenvalue weighted by atomic mass is 35.5. The fourth-order valence-electron chi connectivity index (χ4n) is 2.20. The third-order valence-electron chi connectivity index (χ3n) is 3.34. The number of carbonyl (C=O) groups is 2. The summed E-state index contributed by atoms with van der Waals surface area (Å²) in [6.45, 7) is -3.64. The number of ether oxygens (including phenoxy) is 2. The first-order valence-corrected chi connectivity index (χ1v) is 9.27. The van der Waals surface area contributed by atoms with Crippen molar-refractivity contribution in [3.63, 3.8) is 0 Å². The van der Waals surface area contributed by atoms with Crippen LogP contribution in [-0.4, -0.2) is 45.0 Å². The summed E-state index contributed by atoms with van der Waals surface area (Å²) in [5, 5.41) is 2.23. The molecule has 0 aliphatic carbocycles. The van der Waals surface area contributed by atoms with Gasteiger partial charge in [-0.25, -0.2) is 8.42 Å². The van der Waals surface area contributed by atoms with E-state index in [0.717, 1.165) is 6.07 Å². The Morgan fingerprint density at radius 3 is 2.64 bits per heavy atom. The summed E-state index contributed by atoms with van der Waals surface area (Å²) in [6, 6.07) is 3.63. The Hall–Kier alpha value is -1.94. The molecule has 25 heavy (non-hydrogen) atoms. The number of amides is 1. The molecule has 1 aliphatic heterocycles. The summed E-state index contributed by atoms with van der Waals surface area (Å²) in [5.41, 5.74) is 0.191. The number of hydrogen-bond acceptors (Lipinski definition) is 6. The molecule has 1 unspecified atom stereocenters. The Morgan fingerprint density at radius 1 is 1.36 bits per heavy atom. The van der Waals surface area contributed by atoms with E-state index in [1.54, 1.807) is 0 Å². The van der Waals surface area contributed by atoms with Gasteiger partial charge >= 0.3 is 12.6 Å². The van der Waals surface area contributed by atoms with Gasteiger partial charge < -0.3 is 14.8 Å². The molecule has 1 atom stereocenters. The second-order valence-electron chi connectivity index (χ2n) is 5.28. The molecule has 0 aromatic heterocycles. The van der Waals surface area contributed by atoms with Crippen molar-refractivity contribution in [1.82, 2.24) is 0 Å². The third kappa shape index (κ3) is 5.82. The first kappa shape index (κ1) is 19.4. The summed E-state index contributed by atoms with van der Waals surface area (Å²) < 4.78 is 55.8. The molecule has 1 heterocycles. The smallest absolute Gasteiger partial charge is 0.387 e. The lowest BCUT2D eigenvalue weighted by Crippen LogP contribution is -2.25. The zero-order valence-corrected chi connectivity index (χ0v) is 14.3. The van der Waals surface area contributed by atoms with Crippen molar-refractivity contribution in [3.05, 3.63) is 23.2 Å². The number of sulfone groups is 1. The number of esters is 1. The summed E-state index contributed by atoms with van der Waals surface area (Å²) in [4.78, 5) is 23.4. The molecule has 1 N–H and O–H groups in total. The average molecular weight is 398 g/mol. The summed E-state index contributed by atoms with van der Waals surface area (Å²) in [5.74, 6) is -2.82. The molecule has 0 bridgehead atoms. The van der Waals surface area contributed by atoms with E-state index in [9.17, 15) is 26.8 Å². The van der Waals surface area contributed by atoms with Crippen molar-refractivity contribution >= 4 is 39.0 Å². The molecule has 1 saturated heterocycles. The molecule has 1 aromatic carbocycles. The van der Waals surface area contributed by atoms with Crippen molar-refractivity contribution in [2.75, 3.05) is 23.4 Å². The number of carbonyl (C=O) groups excluding carboxylic acids is 2. The highest BCUT2D eigenvalue weighted by Gasteiger charge is 2.34. The number of anilines is 1. The normalized spacial score (nSPS) is 18.8. The number of halogens is 3.